The number of H-pyrrole nitrogens is 1. The number of aromatic amines is 1. The quantitative estimate of drug-likeness (QED) is 0.0288. The van der Waals surface area contributed by atoms with Gasteiger partial charge in [0.2, 0.25) is 88.6 Å². The lowest BCUT2D eigenvalue weighted by atomic mass is 10.0. The Labute approximate surface area is 541 Å². The Morgan fingerprint density at radius 3 is 1.34 bits per heavy atom. The molecule has 1 heterocycles. The Kier molecular flexibility index (Phi) is 36.6. The number of hydrogen-bond donors (Lipinski definition) is 22. The molecule has 1 rings (SSSR count). The van der Waals surface area contributed by atoms with Gasteiger partial charge in [-0.25, -0.2) is 4.98 Å². The molecule has 1 aromatic rings. The number of amides is 15. The van der Waals surface area contributed by atoms with Gasteiger partial charge in [0, 0.05) is 37.6 Å². The average Bonchev–Trinajstić information content (AvgIpc) is 1.05. The molecular weight excluding hydrogens is 1270 g/mol. The number of aliphatic carboxylic acids is 2. The molecule has 0 aromatic carbocycles. The van der Waals surface area contributed by atoms with Crippen LogP contribution in [-0.4, -0.2) is 246 Å². The topological polar surface area (TPSA) is 668 Å². The maximum Gasteiger partial charge on any atom is 0.322 e. The molecule has 0 radical (unpaired) electrons. The number of aliphatic hydroxyl groups is 3. The maximum absolute atomic E-state index is 14.2. The van der Waals surface area contributed by atoms with Gasteiger partial charge in [0.1, 0.15) is 79.0 Å². The summed E-state index contributed by atoms with van der Waals surface area (Å²) in [6.07, 6.45) is -2.42. The zero-order valence-electron chi connectivity index (χ0n) is 52.3. The number of nitrogens with two attached hydrogens (primary N) is 4. The number of hydrogen-bond acceptors (Lipinski definition) is 23. The lowest BCUT2D eigenvalue weighted by Crippen LogP contribution is -2.62. The van der Waals surface area contributed by atoms with Crippen LogP contribution in [0.15, 0.2) is 12.5 Å². The minimum Gasteiger partial charge on any atom is -0.481 e. The van der Waals surface area contributed by atoms with E-state index in [9.17, 15) is 102 Å². The number of primary amides is 3. The van der Waals surface area contributed by atoms with Gasteiger partial charge < -0.3 is 117 Å². The highest BCUT2D eigenvalue weighted by molar-refractivity contribution is 7.98. The fourth-order valence-corrected chi connectivity index (χ4v) is 8.57. The van der Waals surface area contributed by atoms with Gasteiger partial charge in [-0.15, -0.1) is 0 Å². The Balaban J connectivity index is 3.43. The van der Waals surface area contributed by atoms with E-state index >= 15 is 0 Å². The fraction of sp³-hybridized carbons (Fsp3) is 0.623. The summed E-state index contributed by atoms with van der Waals surface area (Å²) in [5.41, 5.74) is 21.6. The van der Waals surface area contributed by atoms with Gasteiger partial charge in [-0.1, -0.05) is 13.8 Å². The monoisotopic (exact) mass is 1360 g/mol. The van der Waals surface area contributed by atoms with Gasteiger partial charge in [-0.3, -0.25) is 81.5 Å². The lowest BCUT2D eigenvalue weighted by Gasteiger charge is -2.28. The van der Waals surface area contributed by atoms with Crippen molar-refractivity contribution in [3.63, 3.8) is 0 Å². The van der Waals surface area contributed by atoms with E-state index in [0.717, 1.165) is 13.8 Å². The van der Waals surface area contributed by atoms with Crippen LogP contribution in [0.5, 0.6) is 0 Å². The number of carboxylic acid groups (broad SMARTS) is 2. The summed E-state index contributed by atoms with van der Waals surface area (Å²) in [6.45, 7) is 3.43. The summed E-state index contributed by atoms with van der Waals surface area (Å²) < 4.78 is 0. The van der Waals surface area contributed by atoms with Crippen LogP contribution in [0.25, 0.3) is 0 Å². The Hall–Kier alpha value is -9.61. The van der Waals surface area contributed by atoms with Crippen molar-refractivity contribution < 1.29 is 107 Å². The van der Waals surface area contributed by atoms with E-state index in [1.165, 1.54) is 45.1 Å². The highest BCUT2D eigenvalue weighted by Crippen LogP contribution is 2.11. The van der Waals surface area contributed by atoms with Crippen molar-refractivity contribution in [2.75, 3.05) is 31.8 Å². The van der Waals surface area contributed by atoms with Crippen LogP contribution in [0.3, 0.4) is 0 Å². The van der Waals surface area contributed by atoms with Gasteiger partial charge in [0.25, 0.3) is 0 Å². The van der Waals surface area contributed by atoms with E-state index in [0.29, 0.717) is 0 Å². The summed E-state index contributed by atoms with van der Waals surface area (Å²) in [5, 5.41) is 75.7. The summed E-state index contributed by atoms with van der Waals surface area (Å²) >= 11 is 1.26. The number of carbonyl (C=O) groups excluding carboxylic acids is 15. The van der Waals surface area contributed by atoms with Crippen LogP contribution in [0, 0.1) is 5.92 Å². The summed E-state index contributed by atoms with van der Waals surface area (Å²) in [6, 6.07) is -20.1. The third-order valence-electron chi connectivity index (χ3n) is 13.4. The lowest BCUT2D eigenvalue weighted by molar-refractivity contribution is -0.139. The molecule has 40 nitrogen and oxygen atoms in total. The van der Waals surface area contributed by atoms with Crippen molar-refractivity contribution in [1.29, 1.82) is 0 Å². The smallest absolute Gasteiger partial charge is 0.322 e. The van der Waals surface area contributed by atoms with Crippen molar-refractivity contribution >= 4 is 112 Å². The SMILES string of the molecule is CSCC[C@H](NC(=O)[C@H](CC(N)=O)NC(=O)[C@@H](NC(=O)[C@H](CO)NC(=O)[C@H](C)NC(=O)[C@H](Cc1cnc[nH]1)NC(=O)[C@H](CCC(=O)O)NC(=O)[C@H](CCC(N)=O)NC(=O)[C@@H](NC(=O)[C@H](C)NC(=O)[C@H](CCC(N)=O)NC(=O)[C@@H](N)CO)C(C)C)[C@@H](C)O)C(=O)NCC(=O)O. The number of carbonyl (C=O) groups is 17. The maximum atomic E-state index is 14.2. The highest BCUT2D eigenvalue weighted by Gasteiger charge is 2.38. The standard InChI is InChI=1S/C53H86N18O22S/c1-22(2)40(70-43(83)24(4)61-46(86)28(7-10-35(55)75)63-44(84)27(54)19-72)52(92)66-29(8-11-36(56)76)47(87)64-30(9-12-38(78)79)48(88)67-32(15-26-17-58-21-60-26)49(89)62-23(3)42(82)69-34(20-73)51(91)71-41(25(5)74)53(93)68-33(16-37(57)77)50(90)65-31(13-14-94-6)45(85)59-18-39(80)81/h17,21-25,27-34,40-41,72-74H,7-16,18-20,54H2,1-6H3,(H2,55,75)(H2,56,76)(H2,57,77)(H,58,60)(H,59,85)(H,61,86)(H,62,89)(H,63,84)(H,64,87)(H,65,90)(H,66,92)(H,67,88)(H,68,93)(H,69,82)(H,70,83)(H,71,91)(H,78,79)(H,80,81)/t23-,24-,25+,27-,28-,29-,30-,31-,32-,33-,34-,40-,41-/m0/s1. The van der Waals surface area contributed by atoms with Gasteiger partial charge >= 0.3 is 11.9 Å². The molecule has 0 bridgehead atoms. The first-order valence-electron chi connectivity index (χ1n) is 29.0. The molecule has 0 aliphatic heterocycles. The van der Waals surface area contributed by atoms with Crippen LogP contribution in [-0.2, 0) is 87.9 Å². The molecule has 15 amide bonds. The van der Waals surface area contributed by atoms with Gasteiger partial charge in [0.15, 0.2) is 0 Å². The third-order valence-corrected chi connectivity index (χ3v) is 14.0. The van der Waals surface area contributed by atoms with Crippen molar-refractivity contribution in [3.05, 3.63) is 18.2 Å². The molecule has 1 aromatic heterocycles. The molecule has 0 fully saturated rings. The molecule has 0 aliphatic carbocycles. The number of carboxylic acids is 2. The number of imidazole rings is 1. The number of aliphatic hydroxyl groups excluding tert-OH is 3. The molecule has 0 aliphatic rings. The largest absolute Gasteiger partial charge is 0.481 e. The molecule has 0 saturated heterocycles. The molecule has 0 saturated carbocycles. The molecule has 94 heavy (non-hydrogen) atoms. The molecule has 526 valence electrons. The number of nitrogens with one attached hydrogen (secondary N) is 13. The van der Waals surface area contributed by atoms with E-state index in [1.54, 1.807) is 6.26 Å². The zero-order chi connectivity index (χ0) is 71.7. The summed E-state index contributed by atoms with van der Waals surface area (Å²) in [5.74, 6) is -19.9. The van der Waals surface area contributed by atoms with Crippen LogP contribution in [0.2, 0.25) is 0 Å². The zero-order valence-corrected chi connectivity index (χ0v) is 53.1. The Morgan fingerprint density at radius 1 is 0.479 bits per heavy atom. The number of rotatable bonds is 45. The molecule has 13 atom stereocenters. The normalized spacial score (nSPS) is 15.1. The molecule has 41 heteroatoms. The van der Waals surface area contributed by atoms with Crippen LogP contribution >= 0.6 is 11.8 Å². The van der Waals surface area contributed by atoms with Gasteiger partial charge in [-0.2, -0.15) is 11.8 Å². The van der Waals surface area contributed by atoms with Crippen molar-refractivity contribution in [1.82, 2.24) is 73.8 Å². The third kappa shape index (κ3) is 30.7. The van der Waals surface area contributed by atoms with E-state index < -0.39 is 250 Å². The number of nitrogens with zero attached hydrogens (tertiary/aromatic N) is 1. The predicted molar refractivity (Wildman–Crippen MR) is 325 cm³/mol. The Morgan fingerprint density at radius 2 is 0.894 bits per heavy atom. The van der Waals surface area contributed by atoms with Crippen LogP contribution in [0.1, 0.15) is 91.7 Å². The van der Waals surface area contributed by atoms with Gasteiger partial charge in [0.05, 0.1) is 32.1 Å². The molecule has 0 spiro atoms. The Bertz CT molecular complexity index is 2850. The van der Waals surface area contributed by atoms with E-state index in [-0.39, 0.29) is 24.3 Å². The second kappa shape index (κ2) is 41.8. The van der Waals surface area contributed by atoms with E-state index in [4.69, 9.17) is 28.0 Å². The molecule has 26 N–H and O–H groups in total. The fourth-order valence-electron chi connectivity index (χ4n) is 8.10. The first kappa shape index (κ1) is 82.4. The van der Waals surface area contributed by atoms with Crippen LogP contribution < -0.4 is 86.7 Å². The first-order chi connectivity index (χ1) is 44.0. The summed E-state index contributed by atoms with van der Waals surface area (Å²) in [4.78, 5) is 227. The van der Waals surface area contributed by atoms with Crippen molar-refractivity contribution in [2.45, 2.75) is 171 Å². The first-order valence-corrected chi connectivity index (χ1v) is 30.4. The minimum atomic E-state index is -2.00. The predicted octanol–water partition coefficient (Wildman–Crippen LogP) is -11.1. The average molecular weight is 1360 g/mol. The molecular formula is C53H86N18O22S. The second-order valence-corrected chi connectivity index (χ2v) is 22.6. The van der Waals surface area contributed by atoms with E-state index in [1.807, 2.05) is 0 Å². The number of aromatic nitrogens is 2. The van der Waals surface area contributed by atoms with Gasteiger partial charge in [-0.05, 0) is 64.4 Å². The van der Waals surface area contributed by atoms with E-state index in [2.05, 4.69) is 73.8 Å². The highest BCUT2D eigenvalue weighted by atomic mass is 32.2. The summed E-state index contributed by atoms with van der Waals surface area (Å²) in [7, 11) is 0. The number of thioether (sulfide) groups is 1. The van der Waals surface area contributed by atoms with Crippen molar-refractivity contribution in [3.8, 4) is 0 Å². The second-order valence-electron chi connectivity index (χ2n) is 21.6. The van der Waals surface area contributed by atoms with Crippen molar-refractivity contribution in [2.24, 2.45) is 28.9 Å². The molecule has 0 unspecified atom stereocenters. The minimum absolute atomic E-state index is 0.0415. The van der Waals surface area contributed by atoms with Crippen LogP contribution in [0.4, 0.5) is 0 Å².